The van der Waals surface area contributed by atoms with Crippen LogP contribution in [0.4, 0.5) is 0 Å². The molecule has 0 saturated carbocycles. The third kappa shape index (κ3) is 1.51. The third-order valence-electron chi connectivity index (χ3n) is 2.05. The van der Waals surface area contributed by atoms with Crippen LogP contribution in [0.3, 0.4) is 0 Å². The molecule has 0 unspecified atom stereocenters. The summed E-state index contributed by atoms with van der Waals surface area (Å²) < 4.78 is 10.8. The van der Waals surface area contributed by atoms with Gasteiger partial charge in [-0.25, -0.2) is 0 Å². The molecule has 0 spiro atoms. The van der Waals surface area contributed by atoms with Gasteiger partial charge in [-0.2, -0.15) is 0 Å². The van der Waals surface area contributed by atoms with E-state index in [2.05, 4.69) is 5.32 Å². The second-order valence-electron chi connectivity index (χ2n) is 2.98. The molecule has 1 aromatic rings. The lowest BCUT2D eigenvalue weighted by molar-refractivity contribution is -0.129. The lowest BCUT2D eigenvalue weighted by Gasteiger charge is -2.24. The van der Waals surface area contributed by atoms with Crippen molar-refractivity contribution in [2.75, 3.05) is 13.7 Å². The molecule has 0 radical (unpaired) electrons. The van der Waals surface area contributed by atoms with E-state index in [1.165, 1.54) is 0 Å². The van der Waals surface area contributed by atoms with E-state index < -0.39 is 6.10 Å². The molecule has 2 rings (SSSR count). The van der Waals surface area contributed by atoms with Gasteiger partial charge in [0.15, 0.2) is 11.5 Å². The van der Waals surface area contributed by atoms with Gasteiger partial charge in [0, 0.05) is 7.05 Å². The fourth-order valence-corrected chi connectivity index (χ4v) is 1.31. The van der Waals surface area contributed by atoms with Crippen LogP contribution in [0, 0.1) is 0 Å². The van der Waals surface area contributed by atoms with Crippen LogP contribution in [0.2, 0.25) is 0 Å². The Morgan fingerprint density at radius 3 is 2.86 bits per heavy atom. The van der Waals surface area contributed by atoms with Crippen LogP contribution >= 0.6 is 0 Å². The predicted octanol–water partition coefficient (Wildman–Crippen LogP) is 0.572. The molecule has 0 saturated heterocycles. The Hall–Kier alpha value is -1.71. The maximum absolute atomic E-state index is 11.3. The lowest BCUT2D eigenvalue weighted by Crippen LogP contribution is -2.42. The van der Waals surface area contributed by atoms with Gasteiger partial charge in [-0.15, -0.1) is 0 Å². The Morgan fingerprint density at radius 1 is 1.43 bits per heavy atom. The molecule has 1 atom stereocenters. The fraction of sp³-hybridized carbons (Fsp3) is 0.300. The average Bonchev–Trinajstić information content (AvgIpc) is 2.27. The Bertz CT molecular complexity index is 351. The van der Waals surface area contributed by atoms with Gasteiger partial charge in [-0.05, 0) is 12.1 Å². The zero-order valence-corrected chi connectivity index (χ0v) is 7.82. The first-order valence-corrected chi connectivity index (χ1v) is 4.41. The minimum Gasteiger partial charge on any atom is -0.485 e. The smallest absolute Gasteiger partial charge is 0.264 e. The zero-order chi connectivity index (χ0) is 9.97. The number of carbonyl (C=O) groups is 1. The van der Waals surface area contributed by atoms with Crippen molar-refractivity contribution in [2.24, 2.45) is 0 Å². The number of nitrogens with one attached hydrogen (secondary N) is 1. The van der Waals surface area contributed by atoms with Crippen molar-refractivity contribution >= 4 is 5.91 Å². The van der Waals surface area contributed by atoms with Gasteiger partial charge < -0.3 is 14.8 Å². The molecule has 14 heavy (non-hydrogen) atoms. The second kappa shape index (κ2) is 3.57. The minimum atomic E-state index is -0.546. The highest BCUT2D eigenvalue weighted by Gasteiger charge is 2.25. The van der Waals surface area contributed by atoms with E-state index in [0.29, 0.717) is 11.5 Å². The third-order valence-corrected chi connectivity index (χ3v) is 2.05. The van der Waals surface area contributed by atoms with E-state index in [-0.39, 0.29) is 12.5 Å². The van der Waals surface area contributed by atoms with E-state index in [1.54, 1.807) is 13.1 Å². The summed E-state index contributed by atoms with van der Waals surface area (Å²) in [5.74, 6) is 1.14. The summed E-state index contributed by atoms with van der Waals surface area (Å²) in [6, 6.07) is 7.30. The summed E-state index contributed by atoms with van der Waals surface area (Å²) in [5, 5.41) is 2.52. The molecule has 0 aromatic heterocycles. The van der Waals surface area contributed by atoms with Crippen molar-refractivity contribution in [1.29, 1.82) is 0 Å². The van der Waals surface area contributed by atoms with Crippen LogP contribution in [-0.2, 0) is 4.79 Å². The Balaban J connectivity index is 2.17. The minimum absolute atomic E-state index is 0.167. The quantitative estimate of drug-likeness (QED) is 0.709. The SMILES string of the molecule is CNC(=O)[C@H]1COc2ccccc2O1. The number of likely N-dealkylation sites (N-methyl/N-ethyl adjacent to an activating group) is 1. The molecule has 1 aromatic carbocycles. The van der Waals surface area contributed by atoms with Gasteiger partial charge in [0.25, 0.3) is 5.91 Å². The molecular weight excluding hydrogens is 182 g/mol. The van der Waals surface area contributed by atoms with Crippen LogP contribution in [0.25, 0.3) is 0 Å². The van der Waals surface area contributed by atoms with Crippen molar-refractivity contribution in [3.63, 3.8) is 0 Å². The molecule has 1 amide bonds. The van der Waals surface area contributed by atoms with E-state index in [0.717, 1.165) is 0 Å². The maximum atomic E-state index is 11.3. The van der Waals surface area contributed by atoms with Gasteiger partial charge in [-0.1, -0.05) is 12.1 Å². The normalized spacial score (nSPS) is 18.8. The molecule has 1 heterocycles. The summed E-state index contributed by atoms with van der Waals surface area (Å²) in [4.78, 5) is 11.3. The number of hydrogen-bond donors (Lipinski definition) is 1. The number of benzene rings is 1. The molecule has 0 bridgehead atoms. The first-order chi connectivity index (χ1) is 6.81. The van der Waals surface area contributed by atoms with Crippen LogP contribution < -0.4 is 14.8 Å². The van der Waals surface area contributed by atoms with E-state index in [1.807, 2.05) is 18.2 Å². The molecule has 1 N–H and O–H groups in total. The molecule has 0 fully saturated rings. The summed E-state index contributed by atoms with van der Waals surface area (Å²) in [5.41, 5.74) is 0. The van der Waals surface area contributed by atoms with Crippen molar-refractivity contribution in [2.45, 2.75) is 6.10 Å². The first kappa shape index (κ1) is 8.87. The summed E-state index contributed by atoms with van der Waals surface area (Å²) in [7, 11) is 1.58. The largest absolute Gasteiger partial charge is 0.485 e. The number of rotatable bonds is 1. The average molecular weight is 193 g/mol. The zero-order valence-electron chi connectivity index (χ0n) is 7.82. The van der Waals surface area contributed by atoms with E-state index >= 15 is 0 Å². The highest BCUT2D eigenvalue weighted by Crippen LogP contribution is 2.30. The predicted molar refractivity (Wildman–Crippen MR) is 50.4 cm³/mol. The van der Waals surface area contributed by atoms with Crippen LogP contribution in [0.15, 0.2) is 24.3 Å². The number of para-hydroxylation sites is 2. The Labute approximate surface area is 81.8 Å². The molecule has 1 aliphatic heterocycles. The van der Waals surface area contributed by atoms with Crippen LogP contribution in [-0.4, -0.2) is 25.7 Å². The number of hydrogen-bond acceptors (Lipinski definition) is 3. The Kier molecular flexibility index (Phi) is 2.26. The molecule has 1 aliphatic rings. The molecule has 4 heteroatoms. The number of ether oxygens (including phenoxy) is 2. The van der Waals surface area contributed by atoms with Gasteiger partial charge in [0.2, 0.25) is 6.10 Å². The number of amides is 1. The summed E-state index contributed by atoms with van der Waals surface area (Å²) in [6.45, 7) is 0.261. The topological polar surface area (TPSA) is 47.6 Å². The molecule has 74 valence electrons. The van der Waals surface area contributed by atoms with E-state index in [4.69, 9.17) is 9.47 Å². The highest BCUT2D eigenvalue weighted by atomic mass is 16.6. The number of fused-ring (bicyclic) bond motifs is 1. The standard InChI is InChI=1S/C10H11NO3/c1-11-10(12)9-6-13-7-4-2-3-5-8(7)14-9/h2-5,9H,6H2,1H3,(H,11,12)/t9-/m1/s1. The summed E-state index contributed by atoms with van der Waals surface area (Å²) >= 11 is 0. The fourth-order valence-electron chi connectivity index (χ4n) is 1.31. The highest BCUT2D eigenvalue weighted by molar-refractivity contribution is 5.81. The molecule has 0 aliphatic carbocycles. The van der Waals surface area contributed by atoms with Crippen LogP contribution in [0.5, 0.6) is 11.5 Å². The van der Waals surface area contributed by atoms with Crippen molar-refractivity contribution in [3.8, 4) is 11.5 Å². The second-order valence-corrected chi connectivity index (χ2v) is 2.98. The lowest BCUT2D eigenvalue weighted by atomic mass is 10.2. The van der Waals surface area contributed by atoms with Crippen LogP contribution in [0.1, 0.15) is 0 Å². The molecule has 4 nitrogen and oxygen atoms in total. The molecular formula is C10H11NO3. The van der Waals surface area contributed by atoms with Gasteiger partial charge >= 0.3 is 0 Å². The Morgan fingerprint density at radius 2 is 2.14 bits per heavy atom. The van der Waals surface area contributed by atoms with Crippen molar-refractivity contribution in [1.82, 2.24) is 5.32 Å². The van der Waals surface area contributed by atoms with Gasteiger partial charge in [-0.3, -0.25) is 4.79 Å². The maximum Gasteiger partial charge on any atom is 0.264 e. The first-order valence-electron chi connectivity index (χ1n) is 4.41. The van der Waals surface area contributed by atoms with Gasteiger partial charge in [0.05, 0.1) is 0 Å². The monoisotopic (exact) mass is 193 g/mol. The van der Waals surface area contributed by atoms with Gasteiger partial charge in [0.1, 0.15) is 6.61 Å². The van der Waals surface area contributed by atoms with E-state index in [9.17, 15) is 4.79 Å². The summed E-state index contributed by atoms with van der Waals surface area (Å²) in [6.07, 6.45) is -0.546. The van der Waals surface area contributed by atoms with Crippen molar-refractivity contribution in [3.05, 3.63) is 24.3 Å². The van der Waals surface area contributed by atoms with Crippen molar-refractivity contribution < 1.29 is 14.3 Å². The number of carbonyl (C=O) groups excluding carboxylic acids is 1.